The summed E-state index contributed by atoms with van der Waals surface area (Å²) < 4.78 is 10.5. The molecule has 1 aromatic carbocycles. The van der Waals surface area contributed by atoms with Crippen molar-refractivity contribution in [1.29, 1.82) is 5.26 Å². The molecule has 0 fully saturated rings. The number of ether oxygens (including phenoxy) is 2. The lowest BCUT2D eigenvalue weighted by atomic mass is 10.1. The molecule has 1 aromatic heterocycles. The summed E-state index contributed by atoms with van der Waals surface area (Å²) in [6, 6.07) is 6.82. The quantitative estimate of drug-likeness (QED) is 0.774. The molecule has 1 amide bonds. The van der Waals surface area contributed by atoms with Crippen LogP contribution in [0.2, 0.25) is 0 Å². The van der Waals surface area contributed by atoms with Gasteiger partial charge in [-0.3, -0.25) is 4.79 Å². The Labute approximate surface area is 151 Å². The molecule has 0 radical (unpaired) electrons. The molecule has 0 bridgehead atoms. The number of hydrogen-bond acceptors (Lipinski definition) is 5. The number of aromatic nitrogens is 1. The number of esters is 1. The summed E-state index contributed by atoms with van der Waals surface area (Å²) >= 11 is 0. The van der Waals surface area contributed by atoms with E-state index in [1.807, 2.05) is 13.0 Å². The molecule has 0 unspecified atom stereocenters. The number of nitrogens with one attached hydrogen (secondary N) is 2. The SMILES string of the molecule is CCOC(=O)c1c(C)[nH]c(C(=O)Nc2cc(C#N)ccc2OCC)c1C. The van der Waals surface area contributed by atoms with E-state index in [0.717, 1.165) is 0 Å². The van der Waals surface area contributed by atoms with Crippen molar-refractivity contribution < 1.29 is 19.1 Å². The van der Waals surface area contributed by atoms with Gasteiger partial charge in [-0.15, -0.1) is 0 Å². The van der Waals surface area contributed by atoms with Crippen LogP contribution in [0.4, 0.5) is 5.69 Å². The van der Waals surface area contributed by atoms with Crippen molar-refractivity contribution in [2.45, 2.75) is 27.7 Å². The Hall–Kier alpha value is -3.27. The van der Waals surface area contributed by atoms with Gasteiger partial charge in [-0.05, 0) is 51.5 Å². The van der Waals surface area contributed by atoms with Crippen molar-refractivity contribution in [2.24, 2.45) is 0 Å². The van der Waals surface area contributed by atoms with Crippen LogP contribution in [0.3, 0.4) is 0 Å². The maximum atomic E-state index is 12.7. The van der Waals surface area contributed by atoms with Crippen LogP contribution in [0.15, 0.2) is 18.2 Å². The van der Waals surface area contributed by atoms with E-state index < -0.39 is 11.9 Å². The Balaban J connectivity index is 2.36. The maximum absolute atomic E-state index is 12.7. The van der Waals surface area contributed by atoms with E-state index in [2.05, 4.69) is 10.3 Å². The fourth-order valence-electron chi connectivity index (χ4n) is 2.65. The second-order valence-corrected chi connectivity index (χ2v) is 5.56. The van der Waals surface area contributed by atoms with Crippen LogP contribution in [-0.4, -0.2) is 30.1 Å². The zero-order valence-electron chi connectivity index (χ0n) is 15.2. The minimum Gasteiger partial charge on any atom is -0.492 e. The Morgan fingerprint density at radius 3 is 2.58 bits per heavy atom. The highest BCUT2D eigenvalue weighted by Gasteiger charge is 2.23. The first-order chi connectivity index (χ1) is 12.4. The summed E-state index contributed by atoms with van der Waals surface area (Å²) in [5.74, 6) is -0.442. The fraction of sp³-hybridized carbons (Fsp3) is 0.316. The van der Waals surface area contributed by atoms with Gasteiger partial charge in [0.15, 0.2) is 0 Å². The molecule has 0 aliphatic rings. The van der Waals surface area contributed by atoms with Crippen molar-refractivity contribution >= 4 is 17.6 Å². The molecule has 0 aliphatic carbocycles. The van der Waals surface area contributed by atoms with Crippen molar-refractivity contribution in [1.82, 2.24) is 4.98 Å². The van der Waals surface area contributed by atoms with Crippen LogP contribution >= 0.6 is 0 Å². The lowest BCUT2D eigenvalue weighted by Crippen LogP contribution is -2.15. The van der Waals surface area contributed by atoms with Crippen LogP contribution in [0.1, 0.15) is 51.5 Å². The number of nitrogens with zero attached hydrogens (tertiary/aromatic N) is 1. The maximum Gasteiger partial charge on any atom is 0.340 e. The average Bonchev–Trinajstić information content (AvgIpc) is 2.91. The molecule has 7 nitrogen and oxygen atoms in total. The van der Waals surface area contributed by atoms with E-state index in [9.17, 15) is 9.59 Å². The van der Waals surface area contributed by atoms with Crippen LogP contribution in [0.25, 0.3) is 0 Å². The molecule has 136 valence electrons. The van der Waals surface area contributed by atoms with Gasteiger partial charge >= 0.3 is 5.97 Å². The van der Waals surface area contributed by atoms with Gasteiger partial charge in [0.2, 0.25) is 0 Å². The molecule has 0 atom stereocenters. The zero-order valence-corrected chi connectivity index (χ0v) is 15.2. The summed E-state index contributed by atoms with van der Waals surface area (Å²) in [6.45, 7) is 7.61. The molecule has 0 saturated carbocycles. The van der Waals surface area contributed by atoms with Gasteiger partial charge in [-0.1, -0.05) is 0 Å². The highest BCUT2D eigenvalue weighted by molar-refractivity contribution is 6.07. The number of nitriles is 1. The van der Waals surface area contributed by atoms with Crippen LogP contribution in [0, 0.1) is 25.2 Å². The van der Waals surface area contributed by atoms with Gasteiger partial charge in [-0.25, -0.2) is 4.79 Å². The number of anilines is 1. The third kappa shape index (κ3) is 3.86. The minimum absolute atomic E-state index is 0.253. The van der Waals surface area contributed by atoms with Crippen LogP contribution in [-0.2, 0) is 4.74 Å². The number of amides is 1. The van der Waals surface area contributed by atoms with Gasteiger partial charge in [0.25, 0.3) is 5.91 Å². The largest absolute Gasteiger partial charge is 0.492 e. The summed E-state index contributed by atoms with van der Waals surface area (Å²) in [4.78, 5) is 27.7. The lowest BCUT2D eigenvalue weighted by Gasteiger charge is -2.12. The molecule has 2 aromatic rings. The number of carbonyl (C=O) groups excluding carboxylic acids is 2. The van der Waals surface area contributed by atoms with E-state index in [1.165, 1.54) is 0 Å². The van der Waals surface area contributed by atoms with Gasteiger partial charge in [0, 0.05) is 5.69 Å². The predicted molar refractivity (Wildman–Crippen MR) is 96.5 cm³/mol. The topological polar surface area (TPSA) is 104 Å². The second-order valence-electron chi connectivity index (χ2n) is 5.56. The molecular formula is C19H21N3O4. The molecule has 0 spiro atoms. The standard InChI is InChI=1S/C19H21N3O4/c1-5-25-15-8-7-13(10-20)9-14(15)22-18(23)17-11(3)16(12(4)21-17)19(24)26-6-2/h7-9,21H,5-6H2,1-4H3,(H,22,23). The van der Waals surface area contributed by atoms with E-state index >= 15 is 0 Å². The highest BCUT2D eigenvalue weighted by Crippen LogP contribution is 2.27. The Morgan fingerprint density at radius 2 is 1.96 bits per heavy atom. The van der Waals surface area contributed by atoms with Crippen LogP contribution < -0.4 is 10.1 Å². The van der Waals surface area contributed by atoms with Gasteiger partial charge in [-0.2, -0.15) is 5.26 Å². The number of H-pyrrole nitrogens is 1. The predicted octanol–water partition coefficient (Wildman–Crippen LogP) is 3.33. The minimum atomic E-state index is -0.473. The molecule has 1 heterocycles. The van der Waals surface area contributed by atoms with E-state index in [1.54, 1.807) is 39.0 Å². The molecule has 0 aliphatic heterocycles. The van der Waals surface area contributed by atoms with Gasteiger partial charge < -0.3 is 19.8 Å². The number of aryl methyl sites for hydroxylation is 1. The second kappa shape index (κ2) is 8.21. The number of rotatable bonds is 6. The van der Waals surface area contributed by atoms with Crippen molar-refractivity contribution in [3.63, 3.8) is 0 Å². The number of benzene rings is 1. The Kier molecular flexibility index (Phi) is 6.02. The number of aromatic amines is 1. The van der Waals surface area contributed by atoms with Crippen molar-refractivity contribution in [3.05, 3.63) is 46.3 Å². The molecule has 2 N–H and O–H groups in total. The smallest absolute Gasteiger partial charge is 0.340 e. The van der Waals surface area contributed by atoms with Gasteiger partial charge in [0.1, 0.15) is 11.4 Å². The highest BCUT2D eigenvalue weighted by atomic mass is 16.5. The fourth-order valence-corrected chi connectivity index (χ4v) is 2.65. The summed E-state index contributed by atoms with van der Waals surface area (Å²) in [6.07, 6.45) is 0. The van der Waals surface area contributed by atoms with E-state index in [-0.39, 0.29) is 12.3 Å². The summed E-state index contributed by atoms with van der Waals surface area (Å²) in [5.41, 5.74) is 2.47. The Bertz CT molecular complexity index is 878. The summed E-state index contributed by atoms with van der Waals surface area (Å²) in [5, 5.41) is 11.8. The molecule has 7 heteroatoms. The normalized spacial score (nSPS) is 10.1. The third-order valence-corrected chi connectivity index (χ3v) is 3.80. The van der Waals surface area contributed by atoms with Crippen molar-refractivity contribution in [2.75, 3.05) is 18.5 Å². The van der Waals surface area contributed by atoms with E-state index in [0.29, 0.717) is 40.4 Å². The molecule has 26 heavy (non-hydrogen) atoms. The monoisotopic (exact) mass is 355 g/mol. The summed E-state index contributed by atoms with van der Waals surface area (Å²) in [7, 11) is 0. The molecular weight excluding hydrogens is 334 g/mol. The average molecular weight is 355 g/mol. The van der Waals surface area contributed by atoms with Crippen LogP contribution in [0.5, 0.6) is 5.75 Å². The first kappa shape index (κ1) is 19.1. The third-order valence-electron chi connectivity index (χ3n) is 3.80. The first-order valence-corrected chi connectivity index (χ1v) is 8.27. The first-order valence-electron chi connectivity index (χ1n) is 8.27. The van der Waals surface area contributed by atoms with Crippen molar-refractivity contribution in [3.8, 4) is 11.8 Å². The Morgan fingerprint density at radius 1 is 1.23 bits per heavy atom. The lowest BCUT2D eigenvalue weighted by molar-refractivity contribution is 0.0525. The van der Waals surface area contributed by atoms with E-state index in [4.69, 9.17) is 14.7 Å². The number of hydrogen-bond donors (Lipinski definition) is 2. The van der Waals surface area contributed by atoms with Gasteiger partial charge in [0.05, 0.1) is 36.1 Å². The molecule has 2 rings (SSSR count). The zero-order chi connectivity index (χ0) is 19.3. The number of carbonyl (C=O) groups is 2. The molecule has 0 saturated heterocycles.